The highest BCUT2D eigenvalue weighted by Crippen LogP contribution is 2.20. The van der Waals surface area contributed by atoms with Crippen LogP contribution in [-0.2, 0) is 0 Å². The summed E-state index contributed by atoms with van der Waals surface area (Å²) in [5.41, 5.74) is 0.434. The van der Waals surface area contributed by atoms with E-state index in [1.807, 2.05) is 0 Å². The van der Waals surface area contributed by atoms with E-state index < -0.39 is 0 Å². The molecule has 1 rings (SSSR count). The molecule has 0 radical (unpaired) electrons. The number of halogens is 2. The Bertz CT molecular complexity index is 357. The SMILES string of the molecule is O=C(NCCCO)c1cc(Br)ccc1Cl. The van der Waals surface area contributed by atoms with Gasteiger partial charge in [-0.2, -0.15) is 0 Å². The summed E-state index contributed by atoms with van der Waals surface area (Å²) < 4.78 is 0.805. The first-order valence-electron chi connectivity index (χ1n) is 4.49. The third kappa shape index (κ3) is 3.81. The first-order chi connectivity index (χ1) is 7.15. The van der Waals surface area contributed by atoms with Crippen LogP contribution < -0.4 is 5.32 Å². The number of carbonyl (C=O) groups is 1. The van der Waals surface area contributed by atoms with Crippen molar-refractivity contribution in [1.82, 2.24) is 5.32 Å². The summed E-state index contributed by atoms with van der Waals surface area (Å²) in [6.45, 7) is 0.505. The van der Waals surface area contributed by atoms with E-state index in [4.69, 9.17) is 16.7 Å². The van der Waals surface area contributed by atoms with Crippen LogP contribution >= 0.6 is 27.5 Å². The normalized spacial score (nSPS) is 10.1. The van der Waals surface area contributed by atoms with Gasteiger partial charge in [0, 0.05) is 17.6 Å². The predicted molar refractivity (Wildman–Crippen MR) is 63.2 cm³/mol. The van der Waals surface area contributed by atoms with Crippen LogP contribution in [-0.4, -0.2) is 24.2 Å². The Hall–Kier alpha value is -0.580. The summed E-state index contributed by atoms with van der Waals surface area (Å²) in [6, 6.07) is 5.09. The first-order valence-corrected chi connectivity index (χ1v) is 5.66. The van der Waals surface area contributed by atoms with Gasteiger partial charge in [-0.05, 0) is 24.6 Å². The van der Waals surface area contributed by atoms with Crippen molar-refractivity contribution in [1.29, 1.82) is 0 Å². The fourth-order valence-corrected chi connectivity index (χ4v) is 1.61. The number of amides is 1. The number of carbonyl (C=O) groups excluding carboxylic acids is 1. The average Bonchev–Trinajstić information content (AvgIpc) is 2.22. The Morgan fingerprint density at radius 3 is 2.93 bits per heavy atom. The molecule has 0 saturated carbocycles. The van der Waals surface area contributed by atoms with Crippen molar-refractivity contribution in [2.45, 2.75) is 6.42 Å². The fraction of sp³-hybridized carbons (Fsp3) is 0.300. The fourth-order valence-electron chi connectivity index (χ4n) is 1.05. The van der Waals surface area contributed by atoms with Gasteiger partial charge in [0.2, 0.25) is 0 Å². The van der Waals surface area contributed by atoms with E-state index in [0.717, 1.165) is 4.47 Å². The summed E-state index contributed by atoms with van der Waals surface area (Å²) in [5.74, 6) is -0.227. The van der Waals surface area contributed by atoms with Crippen molar-refractivity contribution < 1.29 is 9.90 Å². The quantitative estimate of drug-likeness (QED) is 0.836. The number of hydrogen-bond acceptors (Lipinski definition) is 2. The summed E-state index contributed by atoms with van der Waals surface area (Å²) in [7, 11) is 0. The van der Waals surface area contributed by atoms with Gasteiger partial charge in [0.25, 0.3) is 5.91 Å². The second-order valence-electron chi connectivity index (χ2n) is 2.96. The summed E-state index contributed by atoms with van der Waals surface area (Å²) in [4.78, 5) is 11.6. The smallest absolute Gasteiger partial charge is 0.252 e. The average molecular weight is 293 g/mol. The maximum atomic E-state index is 11.6. The third-order valence-corrected chi connectivity index (χ3v) is 2.62. The lowest BCUT2D eigenvalue weighted by atomic mass is 10.2. The highest BCUT2D eigenvalue weighted by Gasteiger charge is 2.09. The number of nitrogens with one attached hydrogen (secondary N) is 1. The van der Waals surface area contributed by atoms with E-state index in [1.165, 1.54) is 0 Å². The molecule has 0 spiro atoms. The molecular weight excluding hydrogens is 281 g/mol. The molecule has 82 valence electrons. The molecule has 2 N–H and O–H groups in total. The predicted octanol–water partition coefficient (Wildman–Crippen LogP) is 2.21. The van der Waals surface area contributed by atoms with Crippen LogP contribution in [0.15, 0.2) is 22.7 Å². The Morgan fingerprint density at radius 2 is 2.27 bits per heavy atom. The van der Waals surface area contributed by atoms with E-state index in [1.54, 1.807) is 18.2 Å². The van der Waals surface area contributed by atoms with Gasteiger partial charge in [0.05, 0.1) is 10.6 Å². The Balaban J connectivity index is 2.68. The molecule has 3 nitrogen and oxygen atoms in total. The Morgan fingerprint density at radius 1 is 1.53 bits per heavy atom. The molecule has 0 aliphatic carbocycles. The lowest BCUT2D eigenvalue weighted by Crippen LogP contribution is -2.25. The van der Waals surface area contributed by atoms with Crippen LogP contribution in [0.1, 0.15) is 16.8 Å². The first kappa shape index (κ1) is 12.5. The van der Waals surface area contributed by atoms with Crippen LogP contribution in [0.5, 0.6) is 0 Å². The molecule has 0 aliphatic heterocycles. The largest absolute Gasteiger partial charge is 0.396 e. The molecule has 0 atom stereocenters. The van der Waals surface area contributed by atoms with Crippen molar-refractivity contribution >= 4 is 33.4 Å². The van der Waals surface area contributed by atoms with Gasteiger partial charge in [-0.1, -0.05) is 27.5 Å². The second-order valence-corrected chi connectivity index (χ2v) is 4.28. The number of rotatable bonds is 4. The molecule has 0 heterocycles. The van der Waals surface area contributed by atoms with Gasteiger partial charge >= 0.3 is 0 Å². The lowest BCUT2D eigenvalue weighted by molar-refractivity contribution is 0.0951. The molecule has 0 aliphatic rings. The van der Waals surface area contributed by atoms with Crippen LogP contribution in [0, 0.1) is 0 Å². The Labute approximate surface area is 102 Å². The van der Waals surface area contributed by atoms with E-state index in [-0.39, 0.29) is 12.5 Å². The van der Waals surface area contributed by atoms with Gasteiger partial charge in [-0.15, -0.1) is 0 Å². The van der Waals surface area contributed by atoms with Crippen molar-refractivity contribution in [2.75, 3.05) is 13.2 Å². The van der Waals surface area contributed by atoms with Crippen LogP contribution in [0.4, 0.5) is 0 Å². The molecule has 1 aromatic carbocycles. The molecule has 0 bridgehead atoms. The number of aliphatic hydroxyl groups excluding tert-OH is 1. The molecule has 0 unspecified atom stereocenters. The Kier molecular flexibility index (Phi) is 5.08. The van der Waals surface area contributed by atoms with E-state index in [2.05, 4.69) is 21.2 Å². The minimum absolute atomic E-state index is 0.0620. The van der Waals surface area contributed by atoms with E-state index in [0.29, 0.717) is 23.6 Å². The maximum absolute atomic E-state index is 11.6. The third-order valence-electron chi connectivity index (χ3n) is 1.79. The number of benzene rings is 1. The van der Waals surface area contributed by atoms with E-state index >= 15 is 0 Å². The maximum Gasteiger partial charge on any atom is 0.252 e. The lowest BCUT2D eigenvalue weighted by Gasteiger charge is -2.06. The van der Waals surface area contributed by atoms with Crippen molar-refractivity contribution in [3.63, 3.8) is 0 Å². The molecule has 5 heteroatoms. The van der Waals surface area contributed by atoms with Gasteiger partial charge in [0.15, 0.2) is 0 Å². The molecule has 0 aromatic heterocycles. The summed E-state index contributed by atoms with van der Waals surface area (Å²) >= 11 is 9.14. The van der Waals surface area contributed by atoms with Gasteiger partial charge in [0.1, 0.15) is 0 Å². The zero-order chi connectivity index (χ0) is 11.3. The monoisotopic (exact) mass is 291 g/mol. The zero-order valence-electron chi connectivity index (χ0n) is 7.96. The van der Waals surface area contributed by atoms with Gasteiger partial charge in [-0.25, -0.2) is 0 Å². The second kappa shape index (κ2) is 6.10. The van der Waals surface area contributed by atoms with Gasteiger partial charge < -0.3 is 10.4 Å². The van der Waals surface area contributed by atoms with Gasteiger partial charge in [-0.3, -0.25) is 4.79 Å². The molecular formula is C10H11BrClNO2. The standard InChI is InChI=1S/C10H11BrClNO2/c11-7-2-3-9(12)8(6-7)10(15)13-4-1-5-14/h2-3,6,14H,1,4-5H2,(H,13,15). The summed E-state index contributed by atoms with van der Waals surface area (Å²) in [5, 5.41) is 11.6. The minimum atomic E-state index is -0.227. The molecule has 0 saturated heterocycles. The molecule has 1 aromatic rings. The van der Waals surface area contributed by atoms with Crippen molar-refractivity contribution in [3.05, 3.63) is 33.3 Å². The zero-order valence-corrected chi connectivity index (χ0v) is 10.3. The van der Waals surface area contributed by atoms with E-state index in [9.17, 15) is 4.79 Å². The van der Waals surface area contributed by atoms with Crippen LogP contribution in [0.2, 0.25) is 5.02 Å². The van der Waals surface area contributed by atoms with Crippen molar-refractivity contribution in [3.8, 4) is 0 Å². The highest BCUT2D eigenvalue weighted by atomic mass is 79.9. The molecule has 0 fully saturated rings. The van der Waals surface area contributed by atoms with Crippen LogP contribution in [0.3, 0.4) is 0 Å². The molecule has 1 amide bonds. The molecule has 15 heavy (non-hydrogen) atoms. The number of hydrogen-bond donors (Lipinski definition) is 2. The minimum Gasteiger partial charge on any atom is -0.396 e. The van der Waals surface area contributed by atoms with Crippen molar-refractivity contribution in [2.24, 2.45) is 0 Å². The summed E-state index contributed by atoms with van der Waals surface area (Å²) in [6.07, 6.45) is 0.539. The topological polar surface area (TPSA) is 49.3 Å². The van der Waals surface area contributed by atoms with Crippen LogP contribution in [0.25, 0.3) is 0 Å². The number of aliphatic hydroxyl groups is 1. The highest BCUT2D eigenvalue weighted by molar-refractivity contribution is 9.10.